The molecule has 0 radical (unpaired) electrons. The highest BCUT2D eigenvalue weighted by atomic mass is 19.4. The van der Waals surface area contributed by atoms with E-state index in [9.17, 15) is 18.0 Å². The third kappa shape index (κ3) is 7.43. The zero-order valence-electron chi connectivity index (χ0n) is 21.4. The van der Waals surface area contributed by atoms with E-state index in [-0.39, 0.29) is 17.5 Å². The van der Waals surface area contributed by atoms with Gasteiger partial charge >= 0.3 is 6.18 Å². The second-order valence-corrected chi connectivity index (χ2v) is 8.34. The SMILES string of the molecule is CC.CC(C)Oc1cc2nc(C3CCCCC3)cn2cc1C(=O)Nc1cccc(C(F)(F)F)n1.CO. The van der Waals surface area contributed by atoms with Crippen LogP contribution in [0.3, 0.4) is 0 Å². The van der Waals surface area contributed by atoms with Crippen molar-refractivity contribution in [3.8, 4) is 5.75 Å². The Kier molecular flexibility index (Phi) is 10.7. The van der Waals surface area contributed by atoms with Gasteiger partial charge in [-0.1, -0.05) is 39.2 Å². The zero-order valence-corrected chi connectivity index (χ0v) is 21.4. The maximum atomic E-state index is 13.0. The van der Waals surface area contributed by atoms with Crippen molar-refractivity contribution < 1.29 is 27.8 Å². The number of nitrogens with one attached hydrogen (secondary N) is 1. The van der Waals surface area contributed by atoms with Crippen molar-refractivity contribution in [3.63, 3.8) is 0 Å². The van der Waals surface area contributed by atoms with Crippen LogP contribution in [0.4, 0.5) is 19.0 Å². The first-order chi connectivity index (χ1) is 17.2. The Balaban J connectivity index is 0.00000109. The number of hydrogen-bond donors (Lipinski definition) is 2. The number of ether oxygens (including phenoxy) is 1. The van der Waals surface area contributed by atoms with Crippen molar-refractivity contribution in [1.82, 2.24) is 14.4 Å². The first-order valence-electron chi connectivity index (χ1n) is 12.2. The number of carbonyl (C=O) groups excluding carboxylic acids is 1. The Bertz CT molecular complexity index is 1120. The summed E-state index contributed by atoms with van der Waals surface area (Å²) in [5.74, 6) is -0.0845. The van der Waals surface area contributed by atoms with Crippen molar-refractivity contribution in [2.75, 3.05) is 12.4 Å². The van der Waals surface area contributed by atoms with Gasteiger partial charge in [0.05, 0.1) is 17.4 Å². The van der Waals surface area contributed by atoms with Crippen molar-refractivity contribution in [2.24, 2.45) is 0 Å². The number of carbonyl (C=O) groups is 1. The van der Waals surface area contributed by atoms with Gasteiger partial charge in [0.1, 0.15) is 22.9 Å². The van der Waals surface area contributed by atoms with Crippen LogP contribution in [0.25, 0.3) is 5.65 Å². The van der Waals surface area contributed by atoms with Crippen LogP contribution in [0, 0.1) is 0 Å². The number of hydrogen-bond acceptors (Lipinski definition) is 5. The molecule has 0 saturated heterocycles. The molecule has 0 aromatic carbocycles. The quantitative estimate of drug-likeness (QED) is 0.412. The highest BCUT2D eigenvalue weighted by molar-refractivity contribution is 6.05. The number of halogens is 3. The highest BCUT2D eigenvalue weighted by Crippen LogP contribution is 2.33. The summed E-state index contributed by atoms with van der Waals surface area (Å²) < 4.78 is 46.5. The minimum absolute atomic E-state index is 0.186. The summed E-state index contributed by atoms with van der Waals surface area (Å²) in [6.45, 7) is 7.67. The monoisotopic (exact) mass is 508 g/mol. The lowest BCUT2D eigenvalue weighted by atomic mass is 9.87. The van der Waals surface area contributed by atoms with Gasteiger partial charge in [0.2, 0.25) is 0 Å². The smallest absolute Gasteiger partial charge is 0.433 e. The molecule has 0 atom stereocenters. The van der Waals surface area contributed by atoms with Gasteiger partial charge in [0.25, 0.3) is 5.91 Å². The van der Waals surface area contributed by atoms with E-state index in [4.69, 9.17) is 14.8 Å². The van der Waals surface area contributed by atoms with Gasteiger partial charge in [-0.05, 0) is 38.8 Å². The molecule has 0 spiro atoms. The Hall–Kier alpha value is -3.14. The third-order valence-electron chi connectivity index (χ3n) is 5.49. The molecule has 3 aromatic rings. The summed E-state index contributed by atoms with van der Waals surface area (Å²) in [6.07, 6.45) is 4.50. The summed E-state index contributed by atoms with van der Waals surface area (Å²) in [7, 11) is 1.00. The van der Waals surface area contributed by atoms with Gasteiger partial charge < -0.3 is 19.6 Å². The summed E-state index contributed by atoms with van der Waals surface area (Å²) >= 11 is 0. The van der Waals surface area contributed by atoms with E-state index in [2.05, 4.69) is 10.3 Å². The Morgan fingerprint density at radius 2 is 1.78 bits per heavy atom. The lowest BCUT2D eigenvalue weighted by molar-refractivity contribution is -0.141. The molecule has 4 rings (SSSR count). The van der Waals surface area contributed by atoms with E-state index in [1.807, 2.05) is 33.9 Å². The van der Waals surface area contributed by atoms with E-state index < -0.39 is 17.8 Å². The van der Waals surface area contributed by atoms with Crippen LogP contribution in [0.5, 0.6) is 5.75 Å². The van der Waals surface area contributed by atoms with E-state index in [1.54, 1.807) is 16.7 Å². The lowest BCUT2D eigenvalue weighted by Gasteiger charge is -2.19. The number of fused-ring (bicyclic) bond motifs is 1. The first kappa shape index (κ1) is 29.1. The molecule has 1 saturated carbocycles. The van der Waals surface area contributed by atoms with Crippen LogP contribution in [-0.2, 0) is 6.18 Å². The number of pyridine rings is 2. The molecule has 1 aliphatic rings. The number of aromatic nitrogens is 3. The predicted molar refractivity (Wildman–Crippen MR) is 133 cm³/mol. The molecule has 36 heavy (non-hydrogen) atoms. The fourth-order valence-corrected chi connectivity index (χ4v) is 4.00. The van der Waals surface area contributed by atoms with E-state index in [1.165, 1.54) is 31.4 Å². The second kappa shape index (κ2) is 13.2. The van der Waals surface area contributed by atoms with Crippen molar-refractivity contribution in [2.45, 2.75) is 78.0 Å². The molecule has 1 fully saturated rings. The molecular weight excluding hydrogens is 473 g/mol. The third-order valence-corrected chi connectivity index (χ3v) is 5.49. The van der Waals surface area contributed by atoms with Gasteiger partial charge in [-0.3, -0.25) is 4.79 Å². The fraction of sp³-hybridized carbons (Fsp3) is 0.500. The van der Waals surface area contributed by atoms with Crippen LogP contribution < -0.4 is 10.1 Å². The predicted octanol–water partition coefficient (Wildman–Crippen LogP) is 6.47. The number of aliphatic hydroxyl groups is 1. The molecule has 198 valence electrons. The number of imidazole rings is 1. The summed E-state index contributed by atoms with van der Waals surface area (Å²) in [5.41, 5.74) is 0.765. The fourth-order valence-electron chi connectivity index (χ4n) is 4.00. The van der Waals surface area contributed by atoms with Gasteiger partial charge in [0, 0.05) is 31.5 Å². The molecule has 0 aliphatic heterocycles. The summed E-state index contributed by atoms with van der Waals surface area (Å²) in [6, 6.07) is 5.06. The molecule has 3 heterocycles. The van der Waals surface area contributed by atoms with Crippen LogP contribution in [-0.4, -0.2) is 38.6 Å². The number of anilines is 1. The molecule has 0 unspecified atom stereocenters. The number of alkyl halides is 3. The zero-order chi connectivity index (χ0) is 26.9. The maximum absolute atomic E-state index is 13.0. The standard InChI is InChI=1S/C23H25F3N4O2.C2H6.CH4O/c1-14(2)32-18-11-21-27-17(15-7-4-3-5-8-15)13-30(21)12-16(18)22(31)29-20-10-6-9-19(28-20)23(24,25)26;2*1-2/h6,9-15H,3-5,7-8H2,1-2H3,(H,28,29,31);1-2H3;2H,1H3. The van der Waals surface area contributed by atoms with Crippen molar-refractivity contribution >= 4 is 17.4 Å². The van der Waals surface area contributed by atoms with Crippen LogP contribution in [0.2, 0.25) is 0 Å². The number of amides is 1. The molecule has 1 amide bonds. The molecule has 2 N–H and O–H groups in total. The minimum Gasteiger partial charge on any atom is -0.490 e. The first-order valence-corrected chi connectivity index (χ1v) is 12.2. The second-order valence-electron chi connectivity index (χ2n) is 8.34. The molecule has 10 heteroatoms. The molecule has 3 aromatic heterocycles. The normalized spacial score (nSPS) is 13.9. The van der Waals surface area contributed by atoms with Gasteiger partial charge in [-0.2, -0.15) is 13.2 Å². The molecule has 7 nitrogen and oxygen atoms in total. The highest BCUT2D eigenvalue weighted by Gasteiger charge is 2.32. The Morgan fingerprint density at radius 3 is 2.39 bits per heavy atom. The van der Waals surface area contributed by atoms with Crippen LogP contribution >= 0.6 is 0 Å². The summed E-state index contributed by atoms with van der Waals surface area (Å²) in [4.78, 5) is 21.2. The van der Waals surface area contributed by atoms with E-state index in [0.29, 0.717) is 17.3 Å². The molecular formula is C26H35F3N4O3. The van der Waals surface area contributed by atoms with Gasteiger partial charge in [0.15, 0.2) is 0 Å². The number of aliphatic hydroxyl groups excluding tert-OH is 1. The maximum Gasteiger partial charge on any atom is 0.433 e. The Labute approximate surface area is 209 Å². The largest absolute Gasteiger partial charge is 0.490 e. The summed E-state index contributed by atoms with van der Waals surface area (Å²) in [5, 5.41) is 9.46. The Morgan fingerprint density at radius 1 is 1.11 bits per heavy atom. The van der Waals surface area contributed by atoms with E-state index >= 15 is 0 Å². The molecule has 1 aliphatic carbocycles. The minimum atomic E-state index is -4.60. The lowest BCUT2D eigenvalue weighted by Crippen LogP contribution is -2.18. The topological polar surface area (TPSA) is 88.8 Å². The van der Waals surface area contributed by atoms with Crippen LogP contribution in [0.15, 0.2) is 36.7 Å². The van der Waals surface area contributed by atoms with Gasteiger partial charge in [-0.15, -0.1) is 0 Å². The number of nitrogens with zero attached hydrogens (tertiary/aromatic N) is 3. The van der Waals surface area contributed by atoms with Crippen molar-refractivity contribution in [3.05, 3.63) is 53.6 Å². The van der Waals surface area contributed by atoms with Gasteiger partial charge in [-0.25, -0.2) is 9.97 Å². The average molecular weight is 509 g/mol. The molecule has 0 bridgehead atoms. The van der Waals surface area contributed by atoms with E-state index in [0.717, 1.165) is 31.7 Å². The average Bonchev–Trinajstić information content (AvgIpc) is 3.29. The van der Waals surface area contributed by atoms with Crippen molar-refractivity contribution in [1.29, 1.82) is 0 Å². The number of rotatable bonds is 5. The van der Waals surface area contributed by atoms with Crippen LogP contribution in [0.1, 0.15) is 87.5 Å².